The average Bonchev–Trinajstić information content (AvgIpc) is 3.10. The Hall–Kier alpha value is -3.86. The van der Waals surface area contributed by atoms with Crippen LogP contribution in [-0.4, -0.2) is 30.3 Å². The number of carbonyl (C=O) groups is 2. The first-order valence-electron chi connectivity index (χ1n) is 9.60. The number of aryl methyl sites for hydroxylation is 1. The minimum Gasteiger partial charge on any atom is -0.464 e. The molecule has 0 heterocycles. The van der Waals surface area contributed by atoms with Gasteiger partial charge in [-0.2, -0.15) is 0 Å². The zero-order chi connectivity index (χ0) is 21.1. The second-order valence-electron chi connectivity index (χ2n) is 7.05. The van der Waals surface area contributed by atoms with Gasteiger partial charge in [0.1, 0.15) is 5.71 Å². The van der Waals surface area contributed by atoms with Crippen LogP contribution in [0.5, 0.6) is 0 Å². The summed E-state index contributed by atoms with van der Waals surface area (Å²) in [6, 6.07) is 23.1. The summed E-state index contributed by atoms with van der Waals surface area (Å²) in [7, 11) is 1.27. The fraction of sp³-hybridized carbons (Fsp3) is 0.120. The van der Waals surface area contributed by atoms with Crippen molar-refractivity contribution in [3.8, 4) is 11.1 Å². The van der Waals surface area contributed by atoms with Crippen molar-refractivity contribution in [2.24, 2.45) is 10.2 Å². The van der Waals surface area contributed by atoms with E-state index >= 15 is 0 Å². The van der Waals surface area contributed by atoms with Crippen molar-refractivity contribution < 1.29 is 14.3 Å². The van der Waals surface area contributed by atoms with Gasteiger partial charge < -0.3 is 4.74 Å². The maximum Gasteiger partial charge on any atom is 0.354 e. The quantitative estimate of drug-likeness (QED) is 0.214. The van der Waals surface area contributed by atoms with Crippen molar-refractivity contribution in [1.29, 1.82) is 0 Å². The van der Waals surface area contributed by atoms with Crippen LogP contribution in [0.25, 0.3) is 11.1 Å². The standard InChI is InChI=1S/C25H20N2O3/c1-16-8-7-9-17(14-16)23(28)15-22(25(29)30-2)26-27-24-20-12-5-3-10-18(20)19-11-4-6-13-21(19)24/h3-14H,15H2,1-2H3. The second-order valence-corrected chi connectivity index (χ2v) is 7.05. The number of hydrogen-bond donors (Lipinski definition) is 0. The summed E-state index contributed by atoms with van der Waals surface area (Å²) in [6.45, 7) is 1.91. The Bertz CT molecular complexity index is 1160. The molecule has 0 amide bonds. The maximum atomic E-state index is 12.7. The lowest BCUT2D eigenvalue weighted by atomic mass is 10.0. The molecule has 4 rings (SSSR count). The first-order valence-corrected chi connectivity index (χ1v) is 9.60. The van der Waals surface area contributed by atoms with Crippen molar-refractivity contribution >= 4 is 23.2 Å². The highest BCUT2D eigenvalue weighted by molar-refractivity contribution is 6.40. The van der Waals surface area contributed by atoms with Crippen LogP contribution in [0.3, 0.4) is 0 Å². The predicted octanol–water partition coefficient (Wildman–Crippen LogP) is 4.61. The van der Waals surface area contributed by atoms with Gasteiger partial charge >= 0.3 is 5.97 Å². The van der Waals surface area contributed by atoms with Gasteiger partial charge in [0.05, 0.1) is 13.5 Å². The summed E-state index contributed by atoms with van der Waals surface area (Å²) in [5.41, 5.74) is 6.15. The number of methoxy groups -OCH3 is 1. The fourth-order valence-electron chi connectivity index (χ4n) is 3.55. The van der Waals surface area contributed by atoms with Crippen LogP contribution in [0.15, 0.2) is 83.0 Å². The molecule has 0 aliphatic heterocycles. The number of esters is 1. The van der Waals surface area contributed by atoms with E-state index in [0.29, 0.717) is 11.3 Å². The first kappa shape index (κ1) is 19.5. The van der Waals surface area contributed by atoms with Crippen LogP contribution >= 0.6 is 0 Å². The Morgan fingerprint density at radius 3 is 2.00 bits per heavy atom. The van der Waals surface area contributed by atoms with E-state index in [0.717, 1.165) is 27.8 Å². The van der Waals surface area contributed by atoms with Gasteiger partial charge in [-0.1, -0.05) is 72.3 Å². The van der Waals surface area contributed by atoms with Crippen LogP contribution in [-0.2, 0) is 9.53 Å². The maximum absolute atomic E-state index is 12.7. The number of ether oxygens (including phenoxy) is 1. The third-order valence-electron chi connectivity index (χ3n) is 5.01. The molecule has 5 heteroatoms. The summed E-state index contributed by atoms with van der Waals surface area (Å²) in [4.78, 5) is 25.0. The Balaban J connectivity index is 1.72. The summed E-state index contributed by atoms with van der Waals surface area (Å²) in [5.74, 6) is -0.879. The minimum atomic E-state index is -0.667. The third-order valence-corrected chi connectivity index (χ3v) is 5.01. The molecule has 3 aromatic rings. The van der Waals surface area contributed by atoms with Gasteiger partial charge in [-0.25, -0.2) is 4.79 Å². The van der Waals surface area contributed by atoms with Crippen molar-refractivity contribution in [2.75, 3.05) is 7.11 Å². The molecule has 0 aromatic heterocycles. The van der Waals surface area contributed by atoms with Crippen LogP contribution < -0.4 is 0 Å². The summed E-state index contributed by atoms with van der Waals surface area (Å²) < 4.78 is 4.84. The number of carbonyl (C=O) groups excluding carboxylic acids is 2. The molecular weight excluding hydrogens is 376 g/mol. The first-order chi connectivity index (χ1) is 14.6. The Morgan fingerprint density at radius 1 is 0.833 bits per heavy atom. The largest absolute Gasteiger partial charge is 0.464 e. The van der Waals surface area contributed by atoms with E-state index in [-0.39, 0.29) is 17.9 Å². The van der Waals surface area contributed by atoms with Gasteiger partial charge in [0.15, 0.2) is 11.5 Å². The summed E-state index contributed by atoms with van der Waals surface area (Å²) >= 11 is 0. The fourth-order valence-corrected chi connectivity index (χ4v) is 3.55. The summed E-state index contributed by atoms with van der Waals surface area (Å²) in [6.07, 6.45) is -0.184. The van der Waals surface area contributed by atoms with E-state index in [1.54, 1.807) is 12.1 Å². The van der Waals surface area contributed by atoms with E-state index in [2.05, 4.69) is 10.2 Å². The molecule has 1 aliphatic rings. The molecule has 148 valence electrons. The zero-order valence-corrected chi connectivity index (χ0v) is 16.8. The molecule has 0 fully saturated rings. The molecule has 0 bridgehead atoms. The number of benzene rings is 3. The number of hydrogen-bond acceptors (Lipinski definition) is 5. The molecule has 0 saturated heterocycles. The Kier molecular flexibility index (Phi) is 5.35. The molecule has 0 atom stereocenters. The lowest BCUT2D eigenvalue weighted by molar-refractivity contribution is -0.132. The third kappa shape index (κ3) is 3.70. The Morgan fingerprint density at radius 2 is 1.43 bits per heavy atom. The van der Waals surface area contributed by atoms with Gasteiger partial charge in [-0.3, -0.25) is 4.79 Å². The molecule has 0 radical (unpaired) electrons. The van der Waals surface area contributed by atoms with E-state index < -0.39 is 5.97 Å². The number of rotatable bonds is 5. The van der Waals surface area contributed by atoms with Crippen LogP contribution in [0.4, 0.5) is 0 Å². The monoisotopic (exact) mass is 396 g/mol. The van der Waals surface area contributed by atoms with Crippen molar-refractivity contribution in [1.82, 2.24) is 0 Å². The molecule has 0 N–H and O–H groups in total. The molecule has 0 unspecified atom stereocenters. The number of Topliss-reactive ketones (excluding diaryl/α,β-unsaturated/α-hetero) is 1. The lowest BCUT2D eigenvalue weighted by Crippen LogP contribution is -2.20. The molecule has 1 aliphatic carbocycles. The number of ketones is 1. The van der Waals surface area contributed by atoms with Gasteiger partial charge in [0, 0.05) is 16.7 Å². The normalized spacial score (nSPS) is 12.2. The second kappa shape index (κ2) is 8.25. The Labute approximate surface area is 174 Å². The summed E-state index contributed by atoms with van der Waals surface area (Å²) in [5, 5.41) is 8.56. The van der Waals surface area contributed by atoms with E-state index in [1.807, 2.05) is 67.6 Å². The molecule has 0 saturated carbocycles. The average molecular weight is 396 g/mol. The molecule has 5 nitrogen and oxygen atoms in total. The van der Waals surface area contributed by atoms with Crippen molar-refractivity contribution in [3.05, 3.63) is 95.1 Å². The number of fused-ring (bicyclic) bond motifs is 3. The highest BCUT2D eigenvalue weighted by Crippen LogP contribution is 2.36. The zero-order valence-electron chi connectivity index (χ0n) is 16.8. The smallest absolute Gasteiger partial charge is 0.354 e. The predicted molar refractivity (Wildman–Crippen MR) is 117 cm³/mol. The van der Waals surface area contributed by atoms with E-state index in [9.17, 15) is 9.59 Å². The highest BCUT2D eigenvalue weighted by Gasteiger charge is 2.25. The molecule has 3 aromatic carbocycles. The molecule has 30 heavy (non-hydrogen) atoms. The molecule has 0 spiro atoms. The number of nitrogens with zero attached hydrogens (tertiary/aromatic N) is 2. The van der Waals surface area contributed by atoms with Gasteiger partial charge in [-0.15, -0.1) is 10.2 Å². The lowest BCUT2D eigenvalue weighted by Gasteiger charge is -2.05. The molecular formula is C25H20N2O3. The van der Waals surface area contributed by atoms with Crippen LogP contribution in [0, 0.1) is 6.92 Å². The SMILES string of the molecule is COC(=O)C(CC(=O)c1cccc(C)c1)=NN=C1c2ccccc2-c2ccccc21. The van der Waals surface area contributed by atoms with E-state index in [1.165, 1.54) is 7.11 Å². The van der Waals surface area contributed by atoms with E-state index in [4.69, 9.17) is 4.74 Å². The van der Waals surface area contributed by atoms with Crippen molar-refractivity contribution in [3.63, 3.8) is 0 Å². The van der Waals surface area contributed by atoms with Gasteiger partial charge in [-0.05, 0) is 24.1 Å². The van der Waals surface area contributed by atoms with Crippen LogP contribution in [0.1, 0.15) is 33.5 Å². The van der Waals surface area contributed by atoms with Gasteiger partial charge in [0.2, 0.25) is 0 Å². The van der Waals surface area contributed by atoms with Crippen LogP contribution in [0.2, 0.25) is 0 Å². The van der Waals surface area contributed by atoms with Crippen molar-refractivity contribution in [2.45, 2.75) is 13.3 Å². The minimum absolute atomic E-state index is 0.0293. The highest BCUT2D eigenvalue weighted by atomic mass is 16.5. The van der Waals surface area contributed by atoms with Gasteiger partial charge in [0.25, 0.3) is 0 Å². The topological polar surface area (TPSA) is 68.1 Å².